The van der Waals surface area contributed by atoms with Crippen molar-refractivity contribution in [2.45, 2.75) is 36.8 Å². The van der Waals surface area contributed by atoms with E-state index in [1.807, 2.05) is 0 Å². The van der Waals surface area contributed by atoms with Gasteiger partial charge in [-0.05, 0) is 31.0 Å². The van der Waals surface area contributed by atoms with Gasteiger partial charge in [0.2, 0.25) is 21.8 Å². The van der Waals surface area contributed by atoms with E-state index in [0.29, 0.717) is 18.0 Å². The summed E-state index contributed by atoms with van der Waals surface area (Å²) in [5.41, 5.74) is 0.217. The molecule has 2 amide bonds. The minimum absolute atomic E-state index is 0.0402. The van der Waals surface area contributed by atoms with Gasteiger partial charge in [0.15, 0.2) is 0 Å². The molecule has 2 heterocycles. The lowest BCUT2D eigenvalue weighted by Gasteiger charge is -2.26. The summed E-state index contributed by atoms with van der Waals surface area (Å²) < 4.78 is 64.4. The van der Waals surface area contributed by atoms with Crippen LogP contribution in [0.25, 0.3) is 0 Å². The molecule has 1 unspecified atom stereocenters. The first-order valence-corrected chi connectivity index (χ1v) is 10.8. The number of alkyl halides is 3. The fraction of sp³-hybridized carbons (Fsp3) is 0.556. The molecule has 7 nitrogen and oxygen atoms in total. The van der Waals surface area contributed by atoms with Crippen LogP contribution in [0.3, 0.4) is 0 Å². The van der Waals surface area contributed by atoms with E-state index in [4.69, 9.17) is 0 Å². The number of halogens is 3. The second kappa shape index (κ2) is 8.31. The number of carbonyl (C=O) groups is 2. The number of hydrogen-bond acceptors (Lipinski definition) is 4. The Morgan fingerprint density at radius 2 is 1.86 bits per heavy atom. The van der Waals surface area contributed by atoms with Crippen LogP contribution < -0.4 is 5.32 Å². The van der Waals surface area contributed by atoms with Gasteiger partial charge in [-0.3, -0.25) is 9.59 Å². The maximum absolute atomic E-state index is 12.8. The first-order chi connectivity index (χ1) is 13.6. The average molecular weight is 433 g/mol. The van der Waals surface area contributed by atoms with E-state index in [1.54, 1.807) is 0 Å². The number of hydrogen-bond donors (Lipinski definition) is 1. The molecule has 3 rings (SSSR count). The number of nitrogens with one attached hydrogen (secondary N) is 1. The third-order valence-corrected chi connectivity index (χ3v) is 6.90. The van der Waals surface area contributed by atoms with Crippen LogP contribution in [0, 0.1) is 5.92 Å². The maximum Gasteiger partial charge on any atom is 0.406 e. The van der Waals surface area contributed by atoms with Crippen molar-refractivity contribution in [3.8, 4) is 0 Å². The molecule has 2 fully saturated rings. The highest BCUT2D eigenvalue weighted by Crippen LogP contribution is 2.26. The molecule has 0 saturated carbocycles. The molecule has 0 spiro atoms. The van der Waals surface area contributed by atoms with Crippen LogP contribution >= 0.6 is 0 Å². The summed E-state index contributed by atoms with van der Waals surface area (Å²) in [7, 11) is -3.68. The summed E-state index contributed by atoms with van der Waals surface area (Å²) in [6.45, 7) is -0.828. The average Bonchev–Trinajstić information content (AvgIpc) is 3.01. The first-order valence-electron chi connectivity index (χ1n) is 9.32. The van der Waals surface area contributed by atoms with Gasteiger partial charge in [-0.25, -0.2) is 8.42 Å². The molecule has 0 aromatic heterocycles. The van der Waals surface area contributed by atoms with Gasteiger partial charge in [0.05, 0.1) is 10.8 Å². The quantitative estimate of drug-likeness (QED) is 0.772. The molecule has 1 N–H and O–H groups in total. The fourth-order valence-corrected chi connectivity index (χ4v) is 5.11. The molecular formula is C18H22F3N3O4S. The highest BCUT2D eigenvalue weighted by Gasteiger charge is 2.40. The highest BCUT2D eigenvalue weighted by molar-refractivity contribution is 7.89. The number of nitrogens with zero attached hydrogens (tertiary/aromatic N) is 2. The van der Waals surface area contributed by atoms with Crippen molar-refractivity contribution in [1.29, 1.82) is 0 Å². The van der Waals surface area contributed by atoms with E-state index in [-0.39, 0.29) is 23.5 Å². The Morgan fingerprint density at radius 3 is 2.52 bits per heavy atom. The van der Waals surface area contributed by atoms with Gasteiger partial charge in [0.25, 0.3) is 0 Å². The molecule has 2 saturated heterocycles. The van der Waals surface area contributed by atoms with Crippen LogP contribution in [0.2, 0.25) is 0 Å². The summed E-state index contributed by atoms with van der Waals surface area (Å²) >= 11 is 0. The van der Waals surface area contributed by atoms with Gasteiger partial charge in [-0.2, -0.15) is 17.5 Å². The van der Waals surface area contributed by atoms with Crippen molar-refractivity contribution in [2.75, 3.05) is 31.5 Å². The number of likely N-dealkylation sites (tertiary alicyclic amines) is 1. The molecule has 1 aromatic rings. The van der Waals surface area contributed by atoms with Crippen LogP contribution in [0.1, 0.15) is 25.7 Å². The summed E-state index contributed by atoms with van der Waals surface area (Å²) in [4.78, 5) is 24.8. The van der Waals surface area contributed by atoms with Gasteiger partial charge >= 0.3 is 6.18 Å². The molecule has 11 heteroatoms. The molecule has 29 heavy (non-hydrogen) atoms. The topological polar surface area (TPSA) is 86.8 Å². The van der Waals surface area contributed by atoms with E-state index >= 15 is 0 Å². The molecule has 0 aliphatic carbocycles. The molecular weight excluding hydrogens is 411 g/mol. The Morgan fingerprint density at radius 1 is 1.17 bits per heavy atom. The van der Waals surface area contributed by atoms with E-state index in [2.05, 4.69) is 5.32 Å². The molecule has 160 valence electrons. The number of anilines is 1. The van der Waals surface area contributed by atoms with Crippen molar-refractivity contribution in [2.24, 2.45) is 5.92 Å². The molecule has 1 aromatic carbocycles. The lowest BCUT2D eigenvalue weighted by Crippen LogP contribution is -2.36. The Balaban J connectivity index is 1.67. The summed E-state index contributed by atoms with van der Waals surface area (Å²) in [6, 6.07) is 5.75. The van der Waals surface area contributed by atoms with Gasteiger partial charge < -0.3 is 10.2 Å². The van der Waals surface area contributed by atoms with Crippen LogP contribution in [-0.4, -0.2) is 61.8 Å². The van der Waals surface area contributed by atoms with E-state index in [1.165, 1.54) is 28.6 Å². The van der Waals surface area contributed by atoms with E-state index in [9.17, 15) is 31.2 Å². The number of sulfonamides is 1. The Hall–Kier alpha value is -2.14. The predicted octanol–water partition coefficient (Wildman–Crippen LogP) is 2.21. The third kappa shape index (κ3) is 5.27. The normalized spacial score (nSPS) is 21.4. The monoisotopic (exact) mass is 433 g/mol. The summed E-state index contributed by atoms with van der Waals surface area (Å²) in [6.07, 6.45) is -2.28. The van der Waals surface area contributed by atoms with Gasteiger partial charge in [-0.1, -0.05) is 12.5 Å². The van der Waals surface area contributed by atoms with Crippen molar-refractivity contribution < 1.29 is 31.2 Å². The second-order valence-electron chi connectivity index (χ2n) is 7.27. The van der Waals surface area contributed by atoms with E-state index in [0.717, 1.165) is 19.3 Å². The molecule has 0 bridgehead atoms. The lowest BCUT2D eigenvalue weighted by atomic mass is 10.1. The lowest BCUT2D eigenvalue weighted by molar-refractivity contribution is -0.157. The SMILES string of the molecule is O=C(Nc1cccc(S(=O)(=O)N2CCCCC2)c1)C1CC(=O)N(CC(F)(F)F)C1. The van der Waals surface area contributed by atoms with Gasteiger partial charge in [0.1, 0.15) is 6.54 Å². The molecule has 1 atom stereocenters. The van der Waals surface area contributed by atoms with Gasteiger partial charge in [-0.15, -0.1) is 0 Å². The summed E-state index contributed by atoms with van der Waals surface area (Å²) in [5.74, 6) is -2.27. The van der Waals surface area contributed by atoms with Crippen LogP contribution in [0.4, 0.5) is 18.9 Å². The van der Waals surface area contributed by atoms with Crippen LogP contribution in [0.5, 0.6) is 0 Å². The fourth-order valence-electron chi connectivity index (χ4n) is 3.55. The van der Waals surface area contributed by atoms with Crippen molar-refractivity contribution in [3.63, 3.8) is 0 Å². The summed E-state index contributed by atoms with van der Waals surface area (Å²) in [5, 5.41) is 2.52. The highest BCUT2D eigenvalue weighted by atomic mass is 32.2. The second-order valence-corrected chi connectivity index (χ2v) is 9.21. The minimum atomic E-state index is -4.53. The van der Waals surface area contributed by atoms with E-state index < -0.39 is 40.5 Å². The van der Waals surface area contributed by atoms with Crippen LogP contribution in [0.15, 0.2) is 29.2 Å². The Labute approximate surface area is 166 Å². The first kappa shape index (κ1) is 21.6. The number of carbonyl (C=O) groups excluding carboxylic acids is 2. The van der Waals surface area contributed by atoms with Crippen molar-refractivity contribution in [1.82, 2.24) is 9.21 Å². The third-order valence-electron chi connectivity index (χ3n) is 5.01. The Kier molecular flexibility index (Phi) is 6.18. The maximum atomic E-state index is 12.8. The number of rotatable bonds is 5. The van der Waals surface area contributed by atoms with Gasteiger partial charge in [0, 0.05) is 31.7 Å². The zero-order valence-corrected chi connectivity index (χ0v) is 16.4. The Bertz CT molecular complexity index is 883. The standard InChI is InChI=1S/C18H22F3N3O4S/c19-18(20,21)12-23-11-13(9-16(23)25)17(26)22-14-5-4-6-15(10-14)29(27,28)24-7-2-1-3-8-24/h4-6,10,13H,1-3,7-9,11-12H2,(H,22,26). The van der Waals surface area contributed by atoms with Crippen molar-refractivity contribution in [3.05, 3.63) is 24.3 Å². The number of piperidine rings is 1. The molecule has 2 aliphatic heterocycles. The van der Waals surface area contributed by atoms with Crippen molar-refractivity contribution >= 4 is 27.5 Å². The molecule has 2 aliphatic rings. The zero-order valence-electron chi connectivity index (χ0n) is 15.6. The smallest absolute Gasteiger partial charge is 0.333 e. The zero-order chi connectivity index (χ0) is 21.2. The predicted molar refractivity (Wildman–Crippen MR) is 98.4 cm³/mol. The number of amides is 2. The minimum Gasteiger partial charge on any atom is -0.333 e. The molecule has 0 radical (unpaired) electrons. The van der Waals surface area contributed by atoms with Crippen LogP contribution in [-0.2, 0) is 19.6 Å². The largest absolute Gasteiger partial charge is 0.406 e. The number of benzene rings is 1.